The van der Waals surface area contributed by atoms with Crippen LogP contribution in [0.4, 0.5) is 0 Å². The zero-order chi connectivity index (χ0) is 14.2. The third-order valence-corrected chi connectivity index (χ3v) is 4.78. The van der Waals surface area contributed by atoms with Gasteiger partial charge < -0.3 is 0 Å². The summed E-state index contributed by atoms with van der Waals surface area (Å²) in [5.41, 5.74) is 1.42. The molecule has 0 spiro atoms. The predicted octanol–water partition coefficient (Wildman–Crippen LogP) is 2.50. The van der Waals surface area contributed by atoms with Gasteiger partial charge in [0.05, 0.1) is 29.3 Å². The van der Waals surface area contributed by atoms with Crippen molar-refractivity contribution in [1.29, 1.82) is 0 Å². The molecule has 0 bridgehead atoms. The van der Waals surface area contributed by atoms with Crippen molar-refractivity contribution in [2.75, 3.05) is 0 Å². The molecule has 0 saturated heterocycles. The van der Waals surface area contributed by atoms with E-state index in [1.165, 1.54) is 10.9 Å². The predicted molar refractivity (Wildman–Crippen MR) is 82.9 cm³/mol. The highest BCUT2D eigenvalue weighted by Crippen LogP contribution is 2.21. The number of rotatable bonds is 3. The monoisotopic (exact) mass is 412 g/mol. The van der Waals surface area contributed by atoms with Crippen LogP contribution in [0.1, 0.15) is 18.3 Å². The van der Waals surface area contributed by atoms with Crippen LogP contribution >= 0.6 is 45.8 Å². The van der Waals surface area contributed by atoms with Crippen molar-refractivity contribution in [3.05, 3.63) is 41.8 Å². The van der Waals surface area contributed by atoms with E-state index in [0.29, 0.717) is 15.1 Å². The van der Waals surface area contributed by atoms with Crippen molar-refractivity contribution in [2.45, 2.75) is 19.9 Å². The summed E-state index contributed by atoms with van der Waals surface area (Å²) in [5.74, 6) is 0. The molecule has 0 N–H and O–H groups in total. The smallest absolute Gasteiger partial charge is 0.268 e. The maximum atomic E-state index is 12.1. The molecule has 0 aromatic carbocycles. The highest BCUT2D eigenvalue weighted by molar-refractivity contribution is 14.1. The summed E-state index contributed by atoms with van der Waals surface area (Å²) in [6, 6.07) is 0. The van der Waals surface area contributed by atoms with Gasteiger partial charge in [0.15, 0.2) is 0 Å². The Bertz CT molecular complexity index is 680. The van der Waals surface area contributed by atoms with E-state index in [4.69, 9.17) is 23.2 Å². The van der Waals surface area contributed by atoms with Crippen LogP contribution in [-0.2, 0) is 20.0 Å². The Labute approximate surface area is 133 Å². The molecule has 2 rings (SSSR count). The first-order valence-electron chi connectivity index (χ1n) is 5.56. The molecule has 0 saturated carbocycles. The van der Waals surface area contributed by atoms with Gasteiger partial charge in [0.2, 0.25) is 0 Å². The quantitative estimate of drug-likeness (QED) is 0.574. The molecule has 0 radical (unpaired) electrons. The molecule has 8 heteroatoms. The summed E-state index contributed by atoms with van der Waals surface area (Å²) >= 11 is 13.9. The Morgan fingerprint density at radius 3 is 2.68 bits per heavy atom. The van der Waals surface area contributed by atoms with E-state index in [2.05, 4.69) is 10.1 Å². The van der Waals surface area contributed by atoms with Crippen LogP contribution in [0.15, 0.2) is 11.1 Å². The summed E-state index contributed by atoms with van der Waals surface area (Å²) in [6.07, 6.45) is 2.17. The van der Waals surface area contributed by atoms with Gasteiger partial charge in [0, 0.05) is 7.05 Å². The van der Waals surface area contributed by atoms with Gasteiger partial charge in [0.25, 0.3) is 5.56 Å². The minimum absolute atomic E-state index is 0.184. The van der Waals surface area contributed by atoms with Crippen LogP contribution < -0.4 is 5.56 Å². The first-order chi connectivity index (χ1) is 8.95. The van der Waals surface area contributed by atoms with Gasteiger partial charge in [-0.05, 0) is 29.0 Å². The van der Waals surface area contributed by atoms with Crippen molar-refractivity contribution in [1.82, 2.24) is 19.3 Å². The average Bonchev–Trinajstić information content (AvgIpc) is 2.66. The molecule has 102 valence electrons. The first kappa shape index (κ1) is 14.8. The second kappa shape index (κ2) is 5.80. The molecule has 0 aliphatic heterocycles. The van der Waals surface area contributed by atoms with Gasteiger partial charge in [-0.15, -0.1) is 0 Å². The van der Waals surface area contributed by atoms with Gasteiger partial charge in [0.1, 0.15) is 8.72 Å². The summed E-state index contributed by atoms with van der Waals surface area (Å²) < 4.78 is 3.56. The lowest BCUT2D eigenvalue weighted by atomic mass is 10.3. The maximum Gasteiger partial charge on any atom is 0.268 e. The summed E-state index contributed by atoms with van der Waals surface area (Å²) in [7, 11) is 1.81. The van der Waals surface area contributed by atoms with Crippen molar-refractivity contribution in [2.24, 2.45) is 7.05 Å². The molecule has 0 amide bonds. The van der Waals surface area contributed by atoms with Gasteiger partial charge in [-0.1, -0.05) is 30.1 Å². The van der Waals surface area contributed by atoms with Gasteiger partial charge in [-0.2, -0.15) is 5.10 Å². The zero-order valence-corrected chi connectivity index (χ0v) is 14.0. The van der Waals surface area contributed by atoms with Crippen molar-refractivity contribution < 1.29 is 0 Å². The molecule has 2 aromatic heterocycles. The third kappa shape index (κ3) is 2.80. The summed E-state index contributed by atoms with van der Waals surface area (Å²) in [4.78, 5) is 16.0. The van der Waals surface area contributed by atoms with Crippen LogP contribution in [-0.4, -0.2) is 19.3 Å². The van der Waals surface area contributed by atoms with Crippen molar-refractivity contribution in [3.8, 4) is 0 Å². The fourth-order valence-corrected chi connectivity index (χ4v) is 2.64. The van der Waals surface area contributed by atoms with Crippen LogP contribution in [0.2, 0.25) is 10.2 Å². The molecule has 19 heavy (non-hydrogen) atoms. The number of aryl methyl sites for hydroxylation is 2. The molecular formula is C11H11Cl2IN4O. The van der Waals surface area contributed by atoms with Crippen LogP contribution in [0, 0.1) is 3.57 Å². The number of hydrogen-bond acceptors (Lipinski definition) is 3. The average molecular weight is 413 g/mol. The molecule has 2 aromatic rings. The highest BCUT2D eigenvalue weighted by atomic mass is 127. The normalized spacial score (nSPS) is 11.0. The van der Waals surface area contributed by atoms with Crippen LogP contribution in [0.5, 0.6) is 0 Å². The lowest BCUT2D eigenvalue weighted by molar-refractivity contribution is 0.640. The summed E-state index contributed by atoms with van der Waals surface area (Å²) in [6.45, 7) is 2.30. The minimum Gasteiger partial charge on any atom is -0.292 e. The largest absolute Gasteiger partial charge is 0.292 e. The number of aromatic nitrogens is 4. The standard InChI is InChI=1S/C11H11Cl2IN4O/c1-3-6-8(12)7(17(2)16-6)4-18-5-15-10(13)9(14)11(18)19/h5H,3-4H2,1-2H3. The Kier molecular flexibility index (Phi) is 4.52. The van der Waals surface area contributed by atoms with E-state index < -0.39 is 0 Å². The Balaban J connectivity index is 2.45. The van der Waals surface area contributed by atoms with E-state index in [1.54, 1.807) is 11.7 Å². The van der Waals surface area contributed by atoms with Crippen molar-refractivity contribution >= 4 is 45.8 Å². The highest BCUT2D eigenvalue weighted by Gasteiger charge is 2.15. The maximum absolute atomic E-state index is 12.1. The molecule has 0 atom stereocenters. The van der Waals surface area contributed by atoms with E-state index in [1.807, 2.05) is 29.5 Å². The topological polar surface area (TPSA) is 52.7 Å². The van der Waals surface area contributed by atoms with E-state index in [0.717, 1.165) is 17.8 Å². The van der Waals surface area contributed by atoms with E-state index in [9.17, 15) is 4.79 Å². The number of hydrogen-bond donors (Lipinski definition) is 0. The molecule has 0 unspecified atom stereocenters. The number of halogens is 3. The molecule has 0 aliphatic rings. The van der Waals surface area contributed by atoms with Gasteiger partial charge >= 0.3 is 0 Å². The second-order valence-electron chi connectivity index (χ2n) is 3.97. The Morgan fingerprint density at radius 1 is 1.42 bits per heavy atom. The lowest BCUT2D eigenvalue weighted by Crippen LogP contribution is -2.24. The first-order valence-corrected chi connectivity index (χ1v) is 7.39. The summed E-state index contributed by atoms with van der Waals surface area (Å²) in [5, 5.41) is 5.13. The fourth-order valence-electron chi connectivity index (χ4n) is 1.71. The van der Waals surface area contributed by atoms with Crippen LogP contribution in [0.3, 0.4) is 0 Å². The zero-order valence-electron chi connectivity index (χ0n) is 10.3. The molecule has 0 aliphatic carbocycles. The second-order valence-corrected chi connectivity index (χ2v) is 5.78. The fraction of sp³-hybridized carbons (Fsp3) is 0.364. The lowest BCUT2D eigenvalue weighted by Gasteiger charge is -2.07. The van der Waals surface area contributed by atoms with Gasteiger partial charge in [-0.25, -0.2) is 4.98 Å². The van der Waals surface area contributed by atoms with Gasteiger partial charge in [-0.3, -0.25) is 14.0 Å². The minimum atomic E-state index is -0.184. The molecule has 5 nitrogen and oxygen atoms in total. The number of nitrogens with zero attached hydrogens (tertiary/aromatic N) is 4. The van der Waals surface area contributed by atoms with E-state index >= 15 is 0 Å². The third-order valence-electron chi connectivity index (χ3n) is 2.76. The molecule has 2 heterocycles. The Morgan fingerprint density at radius 2 is 2.11 bits per heavy atom. The Hall–Kier alpha value is -0.600. The molecular weight excluding hydrogens is 402 g/mol. The SMILES string of the molecule is CCc1nn(C)c(Cn2cnc(Cl)c(I)c2=O)c1Cl. The molecule has 0 fully saturated rings. The van der Waals surface area contributed by atoms with E-state index in [-0.39, 0.29) is 10.7 Å². The van der Waals surface area contributed by atoms with Crippen molar-refractivity contribution in [3.63, 3.8) is 0 Å². The van der Waals surface area contributed by atoms with Crippen LogP contribution in [0.25, 0.3) is 0 Å².